The van der Waals surface area contributed by atoms with Gasteiger partial charge in [-0.15, -0.1) is 0 Å². The van der Waals surface area contributed by atoms with Gasteiger partial charge in [-0.3, -0.25) is 9.29 Å². The van der Waals surface area contributed by atoms with E-state index in [0.717, 1.165) is 16.4 Å². The van der Waals surface area contributed by atoms with Crippen molar-refractivity contribution in [2.45, 2.75) is 17.6 Å². The molecule has 2 aromatic carbocycles. The summed E-state index contributed by atoms with van der Waals surface area (Å²) in [5.41, 5.74) is -0.681. The molecule has 0 saturated carbocycles. The van der Waals surface area contributed by atoms with Crippen LogP contribution in [-0.4, -0.2) is 26.5 Å². The number of ether oxygens (including phenoxy) is 1. The van der Waals surface area contributed by atoms with Gasteiger partial charge in [0, 0.05) is 6.20 Å². The predicted molar refractivity (Wildman–Crippen MR) is 112 cm³/mol. The number of carbonyl (C=O) groups excluding carboxylic acids is 1. The first kappa shape index (κ1) is 23.6. The van der Waals surface area contributed by atoms with Crippen molar-refractivity contribution in [3.8, 4) is 0 Å². The first-order valence-corrected chi connectivity index (χ1v) is 10.8. The van der Waals surface area contributed by atoms with Gasteiger partial charge in [-0.05, 0) is 54.6 Å². The van der Waals surface area contributed by atoms with Crippen LogP contribution in [0.3, 0.4) is 0 Å². The van der Waals surface area contributed by atoms with E-state index in [4.69, 9.17) is 11.6 Å². The number of pyridine rings is 1. The second kappa shape index (κ2) is 9.17. The van der Waals surface area contributed by atoms with Gasteiger partial charge < -0.3 is 4.74 Å². The van der Waals surface area contributed by atoms with Crippen LogP contribution in [0.5, 0.6) is 0 Å². The highest BCUT2D eigenvalue weighted by atomic mass is 35.5. The fourth-order valence-electron chi connectivity index (χ4n) is 2.83. The molecule has 0 amide bonds. The van der Waals surface area contributed by atoms with E-state index in [1.54, 1.807) is 18.2 Å². The summed E-state index contributed by atoms with van der Waals surface area (Å²) in [6.45, 7) is -0.285. The van der Waals surface area contributed by atoms with Crippen LogP contribution in [0.25, 0.3) is 0 Å². The minimum atomic E-state index is -4.64. The Morgan fingerprint density at radius 1 is 1.09 bits per heavy atom. The van der Waals surface area contributed by atoms with Gasteiger partial charge in [0.05, 0.1) is 46.1 Å². The normalized spacial score (nSPS) is 11.8. The molecule has 3 aromatic rings. The Morgan fingerprint density at radius 2 is 1.78 bits per heavy atom. The van der Waals surface area contributed by atoms with E-state index in [1.165, 1.54) is 37.6 Å². The van der Waals surface area contributed by atoms with Crippen LogP contribution in [0.1, 0.15) is 21.6 Å². The van der Waals surface area contributed by atoms with Crippen molar-refractivity contribution in [1.82, 2.24) is 4.98 Å². The van der Waals surface area contributed by atoms with Crippen LogP contribution in [0.4, 0.5) is 18.9 Å². The summed E-state index contributed by atoms with van der Waals surface area (Å²) in [6, 6.07) is 12.2. The zero-order chi connectivity index (χ0) is 23.5. The lowest BCUT2D eigenvalue weighted by Gasteiger charge is -2.25. The maximum absolute atomic E-state index is 13.4. The minimum absolute atomic E-state index is 0.135. The largest absolute Gasteiger partial charge is 0.465 e. The van der Waals surface area contributed by atoms with Gasteiger partial charge >= 0.3 is 12.1 Å². The van der Waals surface area contributed by atoms with Crippen molar-refractivity contribution < 1.29 is 31.1 Å². The fraction of sp³-hybridized carbons (Fsp3) is 0.143. The average Bonchev–Trinajstić information content (AvgIpc) is 2.77. The number of halogens is 4. The Bertz CT molecular complexity index is 1220. The third kappa shape index (κ3) is 5.03. The van der Waals surface area contributed by atoms with E-state index in [2.05, 4.69) is 9.72 Å². The van der Waals surface area contributed by atoms with E-state index < -0.39 is 32.8 Å². The molecule has 0 fully saturated rings. The molecule has 6 nitrogen and oxygen atoms in total. The van der Waals surface area contributed by atoms with Crippen molar-refractivity contribution in [3.05, 3.63) is 88.7 Å². The Labute approximate surface area is 187 Å². The zero-order valence-electron chi connectivity index (χ0n) is 16.5. The van der Waals surface area contributed by atoms with Gasteiger partial charge in [-0.1, -0.05) is 17.7 Å². The number of anilines is 1. The number of carbonyl (C=O) groups is 1. The lowest BCUT2D eigenvalue weighted by molar-refractivity contribution is -0.137. The number of aromatic nitrogens is 1. The summed E-state index contributed by atoms with van der Waals surface area (Å²) in [5.74, 6) is -0.648. The van der Waals surface area contributed by atoms with Gasteiger partial charge in [0.2, 0.25) is 0 Å². The second-order valence-electron chi connectivity index (χ2n) is 6.51. The maximum Gasteiger partial charge on any atom is 0.416 e. The number of hydrogen-bond donors (Lipinski definition) is 0. The fourth-order valence-corrected chi connectivity index (χ4v) is 4.62. The van der Waals surface area contributed by atoms with Gasteiger partial charge in [-0.25, -0.2) is 13.2 Å². The van der Waals surface area contributed by atoms with Crippen molar-refractivity contribution >= 4 is 33.3 Å². The van der Waals surface area contributed by atoms with E-state index in [0.29, 0.717) is 11.8 Å². The lowest BCUT2D eigenvalue weighted by Crippen LogP contribution is -2.31. The van der Waals surface area contributed by atoms with Gasteiger partial charge in [0.15, 0.2) is 0 Å². The van der Waals surface area contributed by atoms with E-state index in [1.807, 2.05) is 0 Å². The van der Waals surface area contributed by atoms with Crippen LogP contribution in [0.2, 0.25) is 5.02 Å². The molecule has 0 saturated heterocycles. The molecule has 0 spiro atoms. The zero-order valence-corrected chi connectivity index (χ0v) is 18.1. The van der Waals surface area contributed by atoms with Gasteiger partial charge in [-0.2, -0.15) is 13.2 Å². The van der Waals surface area contributed by atoms with Crippen LogP contribution in [-0.2, 0) is 27.5 Å². The van der Waals surface area contributed by atoms with Crippen LogP contribution in [0.15, 0.2) is 71.8 Å². The molecular formula is C21H16ClF3N2O4S. The second-order valence-corrected chi connectivity index (χ2v) is 8.78. The SMILES string of the molecule is COC(=O)c1ccc(S(=O)(=O)N(Cc2ccccn2)c2ccc(C(F)(F)F)cc2Cl)cc1. The summed E-state index contributed by atoms with van der Waals surface area (Å²) in [7, 11) is -3.11. The van der Waals surface area contributed by atoms with Gasteiger partial charge in [0.25, 0.3) is 10.0 Å². The highest BCUT2D eigenvalue weighted by Gasteiger charge is 2.33. The summed E-state index contributed by atoms with van der Waals surface area (Å²) >= 11 is 6.09. The highest BCUT2D eigenvalue weighted by Crippen LogP contribution is 2.37. The van der Waals surface area contributed by atoms with E-state index in [-0.39, 0.29) is 22.7 Å². The first-order chi connectivity index (χ1) is 15.0. The monoisotopic (exact) mass is 484 g/mol. The van der Waals surface area contributed by atoms with Crippen molar-refractivity contribution in [1.29, 1.82) is 0 Å². The molecule has 1 heterocycles. The number of benzene rings is 2. The van der Waals surface area contributed by atoms with Crippen molar-refractivity contribution in [2.24, 2.45) is 0 Å². The van der Waals surface area contributed by atoms with Crippen LogP contribution < -0.4 is 4.31 Å². The minimum Gasteiger partial charge on any atom is -0.465 e. The molecule has 0 N–H and O–H groups in total. The number of hydrogen-bond acceptors (Lipinski definition) is 5. The standard InChI is InChI=1S/C21H16ClF3N2O4S/c1-31-20(28)14-5-8-17(9-6-14)32(29,30)27(13-16-4-2-3-11-26-16)19-10-7-15(12-18(19)22)21(23,24)25/h2-12H,13H2,1H3. The number of methoxy groups -OCH3 is 1. The molecule has 168 valence electrons. The Balaban J connectivity index is 2.09. The number of nitrogens with zero attached hydrogens (tertiary/aromatic N) is 2. The van der Waals surface area contributed by atoms with E-state index in [9.17, 15) is 26.4 Å². The quantitative estimate of drug-likeness (QED) is 0.463. The summed E-state index contributed by atoms with van der Waals surface area (Å²) < 4.78 is 71.4. The molecule has 32 heavy (non-hydrogen) atoms. The summed E-state index contributed by atoms with van der Waals surface area (Å²) in [4.78, 5) is 15.5. The number of rotatable bonds is 6. The molecule has 3 rings (SSSR count). The smallest absolute Gasteiger partial charge is 0.416 e. The number of esters is 1. The molecule has 11 heteroatoms. The molecule has 0 atom stereocenters. The number of sulfonamides is 1. The Morgan fingerprint density at radius 3 is 2.31 bits per heavy atom. The van der Waals surface area contributed by atoms with E-state index >= 15 is 0 Å². The molecule has 0 aliphatic carbocycles. The first-order valence-electron chi connectivity index (χ1n) is 9.02. The molecule has 0 radical (unpaired) electrons. The molecule has 1 aromatic heterocycles. The predicted octanol–water partition coefficient (Wildman–Crippen LogP) is 4.94. The van der Waals surface area contributed by atoms with Crippen LogP contribution in [0, 0.1) is 0 Å². The van der Waals surface area contributed by atoms with Crippen molar-refractivity contribution in [2.75, 3.05) is 11.4 Å². The Hall–Kier alpha value is -3.11. The number of alkyl halides is 3. The van der Waals surface area contributed by atoms with Gasteiger partial charge in [0.1, 0.15) is 0 Å². The summed E-state index contributed by atoms with van der Waals surface area (Å²) in [5, 5.41) is -0.398. The van der Waals surface area contributed by atoms with Crippen molar-refractivity contribution in [3.63, 3.8) is 0 Å². The average molecular weight is 485 g/mol. The Kier molecular flexibility index (Phi) is 6.75. The molecular weight excluding hydrogens is 469 g/mol. The lowest BCUT2D eigenvalue weighted by atomic mass is 10.2. The topological polar surface area (TPSA) is 76.6 Å². The molecule has 0 unspecified atom stereocenters. The molecule has 0 aliphatic rings. The highest BCUT2D eigenvalue weighted by molar-refractivity contribution is 7.92. The third-order valence-corrected chi connectivity index (χ3v) is 6.52. The molecule has 0 bridgehead atoms. The summed E-state index contributed by atoms with van der Waals surface area (Å²) in [6.07, 6.45) is -3.18. The third-order valence-electron chi connectivity index (χ3n) is 4.44. The van der Waals surface area contributed by atoms with Crippen LogP contribution >= 0.6 is 11.6 Å². The molecule has 0 aliphatic heterocycles. The maximum atomic E-state index is 13.4.